The molecule has 0 bridgehead atoms. The third kappa shape index (κ3) is 6.45. The van der Waals surface area contributed by atoms with E-state index in [0.717, 1.165) is 7.22 Å². The van der Waals surface area contributed by atoms with E-state index in [-0.39, 0.29) is 25.2 Å². The van der Waals surface area contributed by atoms with Gasteiger partial charge in [0.1, 0.15) is 0 Å². The van der Waals surface area contributed by atoms with Gasteiger partial charge in [-0.3, -0.25) is 0 Å². The molecule has 0 radical (unpaired) electrons. The van der Waals surface area contributed by atoms with Crippen LogP contribution in [-0.4, -0.2) is 67.0 Å². The molecule has 0 aliphatic heterocycles. The second kappa shape index (κ2) is 11.4. The first-order chi connectivity index (χ1) is 12.7. The van der Waals surface area contributed by atoms with Gasteiger partial charge >= 0.3 is 175 Å². The molecule has 2 rings (SSSR count). The first kappa shape index (κ1) is 21.0. The maximum atomic E-state index is 12.7. The van der Waals surface area contributed by atoms with Crippen LogP contribution in [0.25, 0.3) is 0 Å². The Morgan fingerprint density at radius 1 is 0.692 bits per heavy atom. The summed E-state index contributed by atoms with van der Waals surface area (Å²) in [6, 6.07) is 19.6. The molecule has 0 heterocycles. The van der Waals surface area contributed by atoms with Crippen molar-refractivity contribution in [1.82, 2.24) is 0 Å². The summed E-state index contributed by atoms with van der Waals surface area (Å²) in [6.45, 7) is 4.12. The van der Waals surface area contributed by atoms with Crippen molar-refractivity contribution >= 4 is 61.0 Å². The van der Waals surface area contributed by atoms with Gasteiger partial charge in [-0.05, 0) is 0 Å². The molecular formula is C20H20O4Te2. The average Bonchev–Trinajstić information content (AvgIpc) is 2.66. The van der Waals surface area contributed by atoms with Crippen molar-refractivity contribution in [2.75, 3.05) is 13.2 Å². The molecule has 2 aromatic carbocycles. The van der Waals surface area contributed by atoms with Crippen LogP contribution in [-0.2, 0) is 19.1 Å². The van der Waals surface area contributed by atoms with E-state index in [1.165, 1.54) is 0 Å². The van der Waals surface area contributed by atoms with E-state index in [0.29, 0.717) is 7.24 Å². The van der Waals surface area contributed by atoms with Crippen LogP contribution >= 0.6 is 0 Å². The van der Waals surface area contributed by atoms with Crippen molar-refractivity contribution in [2.45, 2.75) is 13.8 Å². The Kier molecular flexibility index (Phi) is 9.23. The Balaban J connectivity index is 2.47. The SMILES string of the molecule is CCOC(=O)/C([Te]c1ccccc1)=C(/[Te]c1ccccc1)C(=O)OCC. The first-order valence-corrected chi connectivity index (χ1v) is 12.9. The van der Waals surface area contributed by atoms with E-state index >= 15 is 0 Å². The number of hydrogen-bond acceptors (Lipinski definition) is 4. The molecule has 136 valence electrons. The van der Waals surface area contributed by atoms with Gasteiger partial charge in [-0.15, -0.1) is 0 Å². The number of ether oxygens (including phenoxy) is 2. The predicted molar refractivity (Wildman–Crippen MR) is 104 cm³/mol. The molecule has 0 aromatic heterocycles. The second-order valence-corrected chi connectivity index (χ2v) is 11.1. The topological polar surface area (TPSA) is 52.6 Å². The third-order valence-corrected chi connectivity index (χ3v) is 10.5. The van der Waals surface area contributed by atoms with Crippen molar-refractivity contribution in [1.29, 1.82) is 0 Å². The molecule has 0 atom stereocenters. The van der Waals surface area contributed by atoms with Gasteiger partial charge in [0, 0.05) is 0 Å². The van der Waals surface area contributed by atoms with Crippen LogP contribution in [0.3, 0.4) is 0 Å². The maximum absolute atomic E-state index is 12.7. The zero-order chi connectivity index (χ0) is 18.8. The fraction of sp³-hybridized carbons (Fsp3) is 0.200. The van der Waals surface area contributed by atoms with Crippen molar-refractivity contribution in [2.24, 2.45) is 0 Å². The van der Waals surface area contributed by atoms with E-state index in [2.05, 4.69) is 0 Å². The Bertz CT molecular complexity index is 692. The zero-order valence-corrected chi connectivity index (χ0v) is 19.3. The molecule has 0 fully saturated rings. The zero-order valence-electron chi connectivity index (χ0n) is 14.6. The monoisotopic (exact) mass is 584 g/mol. The Labute approximate surface area is 174 Å². The fourth-order valence-corrected chi connectivity index (χ4v) is 8.40. The number of hydrogen-bond donors (Lipinski definition) is 0. The molecule has 26 heavy (non-hydrogen) atoms. The standard InChI is InChI=1S/C20H20O4Te2/c1-3-23-19(21)17(25-15-11-7-5-8-12-15)18(20(22)24-4-2)26-16-13-9-6-10-14-16/h5-14H,3-4H2,1-2H3/b18-17-. The van der Waals surface area contributed by atoms with E-state index in [9.17, 15) is 9.59 Å². The van der Waals surface area contributed by atoms with Gasteiger partial charge in [0.25, 0.3) is 0 Å². The molecular weight excluding hydrogens is 559 g/mol. The quantitative estimate of drug-likeness (QED) is 0.270. The molecule has 2 aromatic rings. The van der Waals surface area contributed by atoms with Crippen LogP contribution in [0.1, 0.15) is 13.8 Å². The van der Waals surface area contributed by atoms with Crippen LogP contribution in [0.4, 0.5) is 0 Å². The molecule has 0 aliphatic rings. The molecule has 6 heteroatoms. The van der Waals surface area contributed by atoms with Crippen LogP contribution < -0.4 is 7.22 Å². The van der Waals surface area contributed by atoms with Crippen LogP contribution in [0.2, 0.25) is 0 Å². The third-order valence-electron chi connectivity index (χ3n) is 3.05. The van der Waals surface area contributed by atoms with Gasteiger partial charge in [0.15, 0.2) is 0 Å². The van der Waals surface area contributed by atoms with Gasteiger partial charge < -0.3 is 0 Å². The van der Waals surface area contributed by atoms with Crippen molar-refractivity contribution in [3.05, 3.63) is 67.9 Å². The Morgan fingerprint density at radius 2 is 1.04 bits per heavy atom. The summed E-state index contributed by atoms with van der Waals surface area (Å²) in [6.07, 6.45) is 0. The summed E-state index contributed by atoms with van der Waals surface area (Å²) in [5.41, 5.74) is 0. The summed E-state index contributed by atoms with van der Waals surface area (Å²) < 4.78 is 13.8. The Hall–Kier alpha value is -1.30. The minimum atomic E-state index is -1.06. The number of benzene rings is 2. The summed E-state index contributed by atoms with van der Waals surface area (Å²) in [5, 5.41) is 0. The molecule has 0 saturated carbocycles. The van der Waals surface area contributed by atoms with Gasteiger partial charge in [-0.2, -0.15) is 0 Å². The van der Waals surface area contributed by atoms with E-state index in [4.69, 9.17) is 9.47 Å². The van der Waals surface area contributed by atoms with Crippen molar-refractivity contribution in [3.63, 3.8) is 0 Å². The summed E-state index contributed by atoms with van der Waals surface area (Å²) in [5.74, 6) is -0.773. The van der Waals surface area contributed by atoms with Crippen molar-refractivity contribution < 1.29 is 19.1 Å². The summed E-state index contributed by atoms with van der Waals surface area (Å²) in [7, 11) is 0. The number of esters is 2. The number of carbonyl (C=O) groups excluding carboxylic acids is 2. The molecule has 0 saturated heterocycles. The molecule has 0 N–H and O–H groups in total. The Morgan fingerprint density at radius 3 is 1.35 bits per heavy atom. The van der Waals surface area contributed by atoms with Gasteiger partial charge in [0.2, 0.25) is 0 Å². The van der Waals surface area contributed by atoms with Gasteiger partial charge in [-0.25, -0.2) is 0 Å². The summed E-state index contributed by atoms with van der Waals surface area (Å²) >= 11 is -2.11. The van der Waals surface area contributed by atoms with Crippen LogP contribution in [0.15, 0.2) is 67.9 Å². The molecule has 4 nitrogen and oxygen atoms in total. The fourth-order valence-electron chi connectivity index (χ4n) is 1.97. The first-order valence-electron chi connectivity index (χ1n) is 8.20. The van der Waals surface area contributed by atoms with Gasteiger partial charge in [-0.1, -0.05) is 0 Å². The number of rotatable bonds is 8. The van der Waals surface area contributed by atoms with Crippen molar-refractivity contribution in [3.8, 4) is 0 Å². The van der Waals surface area contributed by atoms with Gasteiger partial charge in [0.05, 0.1) is 0 Å². The number of carbonyl (C=O) groups is 2. The predicted octanol–water partition coefficient (Wildman–Crippen LogP) is 1.38. The summed E-state index contributed by atoms with van der Waals surface area (Å²) in [4.78, 5) is 25.3. The molecule has 0 aliphatic carbocycles. The molecule has 0 unspecified atom stereocenters. The van der Waals surface area contributed by atoms with Crippen LogP contribution in [0.5, 0.6) is 0 Å². The average molecular weight is 580 g/mol. The second-order valence-electron chi connectivity index (χ2n) is 4.93. The van der Waals surface area contributed by atoms with E-state index < -0.39 is 41.8 Å². The van der Waals surface area contributed by atoms with Crippen LogP contribution in [0, 0.1) is 0 Å². The molecule has 0 spiro atoms. The van der Waals surface area contributed by atoms with E-state index in [1.54, 1.807) is 13.8 Å². The normalized spacial score (nSPS) is 11.5. The molecule has 0 amide bonds. The minimum absolute atomic E-state index is 0.284. The van der Waals surface area contributed by atoms with E-state index in [1.807, 2.05) is 60.7 Å².